The van der Waals surface area contributed by atoms with Crippen LogP contribution in [0.1, 0.15) is 35.7 Å². The summed E-state index contributed by atoms with van der Waals surface area (Å²) in [5, 5.41) is 17.7. The molecule has 1 aromatic carbocycles. The van der Waals surface area contributed by atoms with Gasteiger partial charge in [-0.2, -0.15) is 20.3 Å². The lowest BCUT2D eigenvalue weighted by atomic mass is 9.87. The van der Waals surface area contributed by atoms with Crippen LogP contribution in [0.5, 0.6) is 0 Å². The first-order chi connectivity index (χ1) is 15.2. The molecule has 0 N–H and O–H groups in total. The minimum absolute atomic E-state index is 0.00978. The Kier molecular flexibility index (Phi) is 4.86. The summed E-state index contributed by atoms with van der Waals surface area (Å²) in [6, 6.07) is 13.5. The standard InChI is InChI=1S/C23H23N7O/c1-16-12-18-7-11-28(22-13-17(14-24)6-8-25-22)21(18)15-29(16)23(31)19-4-2-3-5-20(19)30-26-9-10-27-30/h2-6,8-10,13,16,18,21H,7,11-12,15H2,1H3/t16-,18+,21-/m0/s1. The summed E-state index contributed by atoms with van der Waals surface area (Å²) in [5.74, 6) is 1.31. The van der Waals surface area contributed by atoms with Gasteiger partial charge in [-0.3, -0.25) is 4.79 Å². The van der Waals surface area contributed by atoms with Crippen LogP contribution in [0.25, 0.3) is 5.69 Å². The molecule has 31 heavy (non-hydrogen) atoms. The lowest BCUT2D eigenvalue weighted by Crippen LogP contribution is -2.54. The number of carbonyl (C=O) groups excluding carboxylic acids is 1. The van der Waals surface area contributed by atoms with Crippen molar-refractivity contribution in [3.8, 4) is 11.8 Å². The number of pyridine rings is 1. The van der Waals surface area contributed by atoms with E-state index in [1.54, 1.807) is 24.7 Å². The number of hydrogen-bond donors (Lipinski definition) is 0. The Balaban J connectivity index is 1.44. The smallest absolute Gasteiger partial charge is 0.256 e. The Hall–Kier alpha value is -3.73. The van der Waals surface area contributed by atoms with Crippen molar-refractivity contribution in [2.24, 2.45) is 5.92 Å². The second kappa shape index (κ2) is 7.84. The third-order valence-corrected chi connectivity index (χ3v) is 6.44. The van der Waals surface area contributed by atoms with Crippen molar-refractivity contribution in [1.29, 1.82) is 5.26 Å². The number of para-hydroxylation sites is 1. The van der Waals surface area contributed by atoms with Crippen molar-refractivity contribution in [2.75, 3.05) is 18.0 Å². The third kappa shape index (κ3) is 3.42. The number of likely N-dealkylation sites (tertiary alicyclic amines) is 1. The summed E-state index contributed by atoms with van der Waals surface area (Å²) in [6.45, 7) is 3.64. The van der Waals surface area contributed by atoms with Gasteiger partial charge in [0.15, 0.2) is 0 Å². The summed E-state index contributed by atoms with van der Waals surface area (Å²) >= 11 is 0. The molecule has 8 heteroatoms. The van der Waals surface area contributed by atoms with Crippen LogP contribution >= 0.6 is 0 Å². The van der Waals surface area contributed by atoms with Crippen molar-refractivity contribution in [3.05, 3.63) is 66.1 Å². The quantitative estimate of drug-likeness (QED) is 0.656. The lowest BCUT2D eigenvalue weighted by molar-refractivity contribution is 0.0560. The number of nitrogens with zero attached hydrogens (tertiary/aromatic N) is 7. The van der Waals surface area contributed by atoms with Gasteiger partial charge in [-0.1, -0.05) is 12.1 Å². The summed E-state index contributed by atoms with van der Waals surface area (Å²) in [6.07, 6.45) is 6.92. The average molecular weight is 413 g/mol. The Labute approximate surface area is 180 Å². The molecule has 0 saturated carbocycles. The first-order valence-corrected chi connectivity index (χ1v) is 10.5. The van der Waals surface area contributed by atoms with E-state index in [1.807, 2.05) is 35.2 Å². The molecular formula is C23H23N7O. The van der Waals surface area contributed by atoms with Crippen molar-refractivity contribution in [2.45, 2.75) is 31.8 Å². The molecule has 0 unspecified atom stereocenters. The van der Waals surface area contributed by atoms with Gasteiger partial charge >= 0.3 is 0 Å². The molecule has 2 saturated heterocycles. The number of aromatic nitrogens is 4. The lowest BCUT2D eigenvalue weighted by Gasteiger charge is -2.43. The number of rotatable bonds is 3. The Morgan fingerprint density at radius 3 is 2.77 bits per heavy atom. The summed E-state index contributed by atoms with van der Waals surface area (Å²) < 4.78 is 0. The monoisotopic (exact) mass is 413 g/mol. The normalized spacial score (nSPS) is 22.8. The van der Waals surface area contributed by atoms with Gasteiger partial charge in [0.05, 0.1) is 41.3 Å². The maximum absolute atomic E-state index is 13.6. The molecule has 4 heterocycles. The molecule has 3 atom stereocenters. The van der Waals surface area contributed by atoms with E-state index in [-0.39, 0.29) is 18.0 Å². The summed E-state index contributed by atoms with van der Waals surface area (Å²) in [5.41, 5.74) is 1.88. The predicted molar refractivity (Wildman–Crippen MR) is 115 cm³/mol. The number of piperidine rings is 1. The molecule has 8 nitrogen and oxygen atoms in total. The van der Waals surface area contributed by atoms with Crippen molar-refractivity contribution >= 4 is 11.7 Å². The van der Waals surface area contributed by atoms with E-state index in [0.29, 0.717) is 29.3 Å². The van der Waals surface area contributed by atoms with Crippen LogP contribution < -0.4 is 4.90 Å². The maximum atomic E-state index is 13.6. The number of carbonyl (C=O) groups is 1. The molecule has 0 radical (unpaired) electrons. The van der Waals surface area contributed by atoms with Crippen LogP contribution in [-0.4, -0.2) is 56.0 Å². The molecular weight excluding hydrogens is 390 g/mol. The van der Waals surface area contributed by atoms with Crippen LogP contribution in [0.4, 0.5) is 5.82 Å². The van der Waals surface area contributed by atoms with Gasteiger partial charge in [0.1, 0.15) is 5.82 Å². The molecule has 0 spiro atoms. The fourth-order valence-electron chi connectivity index (χ4n) is 4.92. The predicted octanol–water partition coefficient (Wildman–Crippen LogP) is 2.66. The van der Waals surface area contributed by atoms with E-state index in [4.69, 9.17) is 0 Å². The number of hydrogen-bond acceptors (Lipinski definition) is 6. The van der Waals surface area contributed by atoms with Gasteiger partial charge < -0.3 is 9.80 Å². The zero-order chi connectivity index (χ0) is 21.4. The van der Waals surface area contributed by atoms with Gasteiger partial charge in [-0.25, -0.2) is 4.98 Å². The average Bonchev–Trinajstić information content (AvgIpc) is 3.48. The van der Waals surface area contributed by atoms with E-state index in [1.165, 1.54) is 4.80 Å². The van der Waals surface area contributed by atoms with Crippen LogP contribution in [0.3, 0.4) is 0 Å². The highest BCUT2D eigenvalue weighted by Gasteiger charge is 2.43. The first kappa shape index (κ1) is 19.2. The minimum atomic E-state index is -0.00978. The molecule has 156 valence electrons. The Morgan fingerprint density at radius 2 is 1.97 bits per heavy atom. The summed E-state index contributed by atoms with van der Waals surface area (Å²) in [7, 11) is 0. The molecule has 2 aromatic heterocycles. The summed E-state index contributed by atoms with van der Waals surface area (Å²) in [4.78, 5) is 23.9. The second-order valence-electron chi connectivity index (χ2n) is 8.20. The van der Waals surface area contributed by atoms with Crippen LogP contribution in [0.15, 0.2) is 55.0 Å². The third-order valence-electron chi connectivity index (χ3n) is 6.44. The minimum Gasteiger partial charge on any atom is -0.352 e. The molecule has 2 fully saturated rings. The SMILES string of the molecule is C[C@H]1C[C@H]2CCN(c3cc(C#N)ccn3)[C@H]2CN1C(=O)c1ccccc1-n1nccn1. The maximum Gasteiger partial charge on any atom is 0.256 e. The molecule has 3 aromatic rings. The van der Waals surface area contributed by atoms with E-state index >= 15 is 0 Å². The number of fused-ring (bicyclic) bond motifs is 1. The van der Waals surface area contributed by atoms with Gasteiger partial charge in [0.25, 0.3) is 5.91 Å². The highest BCUT2D eigenvalue weighted by Crippen LogP contribution is 2.37. The van der Waals surface area contributed by atoms with Crippen molar-refractivity contribution in [1.82, 2.24) is 24.9 Å². The molecule has 0 bridgehead atoms. The highest BCUT2D eigenvalue weighted by molar-refractivity contribution is 5.98. The second-order valence-corrected chi connectivity index (χ2v) is 8.20. The van der Waals surface area contributed by atoms with E-state index in [2.05, 4.69) is 33.1 Å². The number of anilines is 1. The molecule has 0 aliphatic carbocycles. The van der Waals surface area contributed by atoms with E-state index < -0.39 is 0 Å². The number of benzene rings is 1. The molecule has 2 aliphatic rings. The van der Waals surface area contributed by atoms with Crippen molar-refractivity contribution in [3.63, 3.8) is 0 Å². The van der Waals surface area contributed by atoms with Gasteiger partial charge in [0.2, 0.25) is 0 Å². The van der Waals surface area contributed by atoms with E-state index in [9.17, 15) is 10.1 Å². The van der Waals surface area contributed by atoms with Crippen LogP contribution in [-0.2, 0) is 0 Å². The van der Waals surface area contributed by atoms with Gasteiger partial charge in [-0.15, -0.1) is 0 Å². The molecule has 1 amide bonds. The number of amides is 1. The highest BCUT2D eigenvalue weighted by atomic mass is 16.2. The van der Waals surface area contributed by atoms with Crippen LogP contribution in [0.2, 0.25) is 0 Å². The molecule has 2 aliphatic heterocycles. The van der Waals surface area contributed by atoms with E-state index in [0.717, 1.165) is 25.2 Å². The topological polar surface area (TPSA) is 90.9 Å². The van der Waals surface area contributed by atoms with Crippen LogP contribution in [0, 0.1) is 17.2 Å². The fourth-order valence-corrected chi connectivity index (χ4v) is 4.92. The largest absolute Gasteiger partial charge is 0.352 e. The number of nitriles is 1. The zero-order valence-corrected chi connectivity index (χ0v) is 17.3. The fraction of sp³-hybridized carbons (Fsp3) is 0.348. The zero-order valence-electron chi connectivity index (χ0n) is 17.3. The van der Waals surface area contributed by atoms with Crippen molar-refractivity contribution < 1.29 is 4.79 Å². The Morgan fingerprint density at radius 1 is 1.16 bits per heavy atom. The van der Waals surface area contributed by atoms with Gasteiger partial charge in [-0.05, 0) is 49.9 Å². The molecule has 5 rings (SSSR count). The Bertz CT molecular complexity index is 1140. The first-order valence-electron chi connectivity index (χ1n) is 10.5. The van der Waals surface area contributed by atoms with Gasteiger partial charge in [0, 0.05) is 25.3 Å².